The molecule has 0 aromatic heterocycles. The van der Waals surface area contributed by atoms with Gasteiger partial charge < -0.3 is 21.1 Å². The van der Waals surface area contributed by atoms with Crippen molar-refractivity contribution in [2.75, 3.05) is 18.5 Å². The standard InChI is InChI=1S/C14H19N3O3/c15-14(19)20-9-7-10-3-5-11(6-4-10)17-13(18)12-2-1-8-16-12/h3-6,12,16H,1-2,7-9H2,(H2,15,19)(H,17,18)/t12-/m1/s1. The van der Waals surface area contributed by atoms with Crippen LogP contribution < -0.4 is 16.4 Å². The van der Waals surface area contributed by atoms with Gasteiger partial charge in [-0.1, -0.05) is 12.1 Å². The lowest BCUT2D eigenvalue weighted by atomic mass is 10.1. The molecule has 0 unspecified atom stereocenters. The third kappa shape index (κ3) is 4.24. The largest absolute Gasteiger partial charge is 0.449 e. The number of hydrogen-bond acceptors (Lipinski definition) is 4. The number of hydrogen-bond donors (Lipinski definition) is 3. The van der Waals surface area contributed by atoms with Crippen LogP contribution in [0.3, 0.4) is 0 Å². The maximum absolute atomic E-state index is 11.9. The molecule has 2 rings (SSSR count). The minimum absolute atomic E-state index is 0.00677. The summed E-state index contributed by atoms with van der Waals surface area (Å²) in [5.74, 6) is 0.00677. The highest BCUT2D eigenvalue weighted by Crippen LogP contribution is 2.13. The molecular formula is C14H19N3O3. The second kappa shape index (κ2) is 6.91. The van der Waals surface area contributed by atoms with Crippen molar-refractivity contribution >= 4 is 17.7 Å². The van der Waals surface area contributed by atoms with E-state index in [0.29, 0.717) is 6.42 Å². The van der Waals surface area contributed by atoms with Crippen molar-refractivity contribution in [2.45, 2.75) is 25.3 Å². The van der Waals surface area contributed by atoms with Crippen molar-refractivity contribution in [3.63, 3.8) is 0 Å². The predicted molar refractivity (Wildman–Crippen MR) is 75.3 cm³/mol. The van der Waals surface area contributed by atoms with Gasteiger partial charge in [-0.15, -0.1) is 0 Å². The molecule has 0 saturated carbocycles. The second-order valence-electron chi connectivity index (χ2n) is 4.75. The summed E-state index contributed by atoms with van der Waals surface area (Å²) in [6.07, 6.45) is 1.75. The normalized spacial score (nSPS) is 17.7. The van der Waals surface area contributed by atoms with Gasteiger partial charge in [0, 0.05) is 12.1 Å². The van der Waals surface area contributed by atoms with Gasteiger partial charge in [-0.05, 0) is 37.1 Å². The number of amides is 2. The highest BCUT2D eigenvalue weighted by molar-refractivity contribution is 5.95. The van der Waals surface area contributed by atoms with Crippen LogP contribution in [0.15, 0.2) is 24.3 Å². The van der Waals surface area contributed by atoms with E-state index in [0.717, 1.165) is 30.6 Å². The summed E-state index contributed by atoms with van der Waals surface area (Å²) in [7, 11) is 0. The molecule has 6 nitrogen and oxygen atoms in total. The van der Waals surface area contributed by atoms with Gasteiger partial charge in [0.05, 0.1) is 12.6 Å². The smallest absolute Gasteiger partial charge is 0.404 e. The van der Waals surface area contributed by atoms with Crippen LogP contribution in [0.4, 0.5) is 10.5 Å². The van der Waals surface area contributed by atoms with E-state index in [-0.39, 0.29) is 18.6 Å². The fourth-order valence-electron chi connectivity index (χ4n) is 2.16. The van der Waals surface area contributed by atoms with Gasteiger partial charge in [0.15, 0.2) is 0 Å². The number of nitrogens with two attached hydrogens (primary N) is 1. The number of rotatable bonds is 5. The minimum Gasteiger partial charge on any atom is -0.449 e. The molecule has 20 heavy (non-hydrogen) atoms. The molecule has 0 spiro atoms. The third-order valence-corrected chi connectivity index (χ3v) is 3.23. The first-order chi connectivity index (χ1) is 9.65. The van der Waals surface area contributed by atoms with Crippen molar-refractivity contribution in [1.29, 1.82) is 0 Å². The van der Waals surface area contributed by atoms with E-state index in [1.54, 1.807) is 0 Å². The van der Waals surface area contributed by atoms with Gasteiger partial charge in [-0.2, -0.15) is 0 Å². The van der Waals surface area contributed by atoms with Crippen LogP contribution in [0.1, 0.15) is 18.4 Å². The second-order valence-corrected chi connectivity index (χ2v) is 4.75. The van der Waals surface area contributed by atoms with E-state index in [1.165, 1.54) is 0 Å². The number of benzene rings is 1. The van der Waals surface area contributed by atoms with Gasteiger partial charge in [0.1, 0.15) is 0 Å². The molecule has 1 fully saturated rings. The van der Waals surface area contributed by atoms with E-state index in [9.17, 15) is 9.59 Å². The molecule has 1 aliphatic heterocycles. The molecule has 0 bridgehead atoms. The van der Waals surface area contributed by atoms with Gasteiger partial charge in [-0.3, -0.25) is 4.79 Å². The fourth-order valence-corrected chi connectivity index (χ4v) is 2.16. The topological polar surface area (TPSA) is 93.5 Å². The molecular weight excluding hydrogens is 258 g/mol. The maximum atomic E-state index is 11.9. The Morgan fingerprint density at radius 1 is 1.35 bits per heavy atom. The van der Waals surface area contributed by atoms with Gasteiger partial charge in [-0.25, -0.2) is 4.79 Å². The Labute approximate surface area is 117 Å². The predicted octanol–water partition coefficient (Wildman–Crippen LogP) is 1.01. The molecule has 1 aromatic carbocycles. The number of ether oxygens (including phenoxy) is 1. The van der Waals surface area contributed by atoms with E-state index in [4.69, 9.17) is 5.73 Å². The van der Waals surface area contributed by atoms with Crippen molar-refractivity contribution < 1.29 is 14.3 Å². The maximum Gasteiger partial charge on any atom is 0.404 e. The summed E-state index contributed by atoms with van der Waals surface area (Å²) >= 11 is 0. The molecule has 1 aromatic rings. The molecule has 6 heteroatoms. The average molecular weight is 277 g/mol. The first-order valence-electron chi connectivity index (χ1n) is 6.70. The molecule has 108 valence electrons. The molecule has 1 saturated heterocycles. The molecule has 0 radical (unpaired) electrons. The molecule has 0 aliphatic carbocycles. The van der Waals surface area contributed by atoms with E-state index in [2.05, 4.69) is 15.4 Å². The highest BCUT2D eigenvalue weighted by Gasteiger charge is 2.21. The van der Waals surface area contributed by atoms with Crippen LogP contribution >= 0.6 is 0 Å². The summed E-state index contributed by atoms with van der Waals surface area (Å²) in [5, 5.41) is 6.03. The van der Waals surface area contributed by atoms with E-state index < -0.39 is 6.09 Å². The molecule has 4 N–H and O–H groups in total. The number of nitrogens with one attached hydrogen (secondary N) is 2. The van der Waals surface area contributed by atoms with Crippen molar-refractivity contribution in [2.24, 2.45) is 5.73 Å². The van der Waals surface area contributed by atoms with Gasteiger partial charge in [0.25, 0.3) is 0 Å². The first kappa shape index (κ1) is 14.3. The zero-order chi connectivity index (χ0) is 14.4. The average Bonchev–Trinajstić information content (AvgIpc) is 2.94. The number of carbonyl (C=O) groups excluding carboxylic acids is 2. The Bertz CT molecular complexity index is 467. The molecule has 1 heterocycles. The van der Waals surface area contributed by atoms with Crippen molar-refractivity contribution in [3.8, 4) is 0 Å². The number of carbonyl (C=O) groups is 2. The molecule has 1 aliphatic rings. The van der Waals surface area contributed by atoms with E-state index >= 15 is 0 Å². The third-order valence-electron chi connectivity index (χ3n) is 3.23. The quantitative estimate of drug-likeness (QED) is 0.749. The van der Waals surface area contributed by atoms with Crippen molar-refractivity contribution in [3.05, 3.63) is 29.8 Å². The van der Waals surface area contributed by atoms with Crippen LogP contribution in [-0.4, -0.2) is 31.2 Å². The van der Waals surface area contributed by atoms with Crippen LogP contribution in [0.25, 0.3) is 0 Å². The minimum atomic E-state index is -0.766. The van der Waals surface area contributed by atoms with Crippen molar-refractivity contribution in [1.82, 2.24) is 5.32 Å². The zero-order valence-corrected chi connectivity index (χ0v) is 11.2. The Hall–Kier alpha value is -2.08. The first-order valence-corrected chi connectivity index (χ1v) is 6.70. The van der Waals surface area contributed by atoms with Gasteiger partial charge >= 0.3 is 6.09 Å². The lowest BCUT2D eigenvalue weighted by Gasteiger charge is -2.11. The summed E-state index contributed by atoms with van der Waals surface area (Å²) in [5.41, 5.74) is 6.66. The lowest BCUT2D eigenvalue weighted by Crippen LogP contribution is -2.35. The SMILES string of the molecule is NC(=O)OCCc1ccc(NC(=O)[C@H]2CCCN2)cc1. The summed E-state index contributed by atoms with van der Waals surface area (Å²) in [6.45, 7) is 1.16. The zero-order valence-electron chi connectivity index (χ0n) is 11.2. The lowest BCUT2D eigenvalue weighted by molar-refractivity contribution is -0.117. The Kier molecular flexibility index (Phi) is 4.95. The summed E-state index contributed by atoms with van der Waals surface area (Å²) in [4.78, 5) is 22.3. The highest BCUT2D eigenvalue weighted by atomic mass is 16.5. The van der Waals surface area contributed by atoms with Gasteiger partial charge in [0.2, 0.25) is 5.91 Å². The molecule has 2 amide bonds. The van der Waals surface area contributed by atoms with Crippen LogP contribution in [-0.2, 0) is 16.0 Å². The van der Waals surface area contributed by atoms with Crippen LogP contribution in [0.2, 0.25) is 0 Å². The van der Waals surface area contributed by atoms with Crippen LogP contribution in [0.5, 0.6) is 0 Å². The summed E-state index contributed by atoms with van der Waals surface area (Å²) in [6, 6.07) is 7.38. The number of primary amides is 1. The summed E-state index contributed by atoms with van der Waals surface area (Å²) < 4.78 is 4.67. The Morgan fingerprint density at radius 3 is 2.70 bits per heavy atom. The Morgan fingerprint density at radius 2 is 2.10 bits per heavy atom. The molecule has 1 atom stereocenters. The Balaban J connectivity index is 1.81. The monoisotopic (exact) mass is 277 g/mol. The fraction of sp³-hybridized carbons (Fsp3) is 0.429. The number of anilines is 1. The van der Waals surface area contributed by atoms with E-state index in [1.807, 2.05) is 24.3 Å². The van der Waals surface area contributed by atoms with Crippen LogP contribution in [0, 0.1) is 0 Å².